The number of carbonyl (C=O) groups is 2. The Morgan fingerprint density at radius 1 is 1.03 bits per heavy atom. The number of amides is 2. The van der Waals surface area contributed by atoms with E-state index >= 15 is 0 Å². The van der Waals surface area contributed by atoms with Gasteiger partial charge in [-0.05, 0) is 43.3 Å². The number of nitrogens with one attached hydrogen (secondary N) is 1. The van der Waals surface area contributed by atoms with E-state index in [0.717, 1.165) is 5.69 Å². The standard InChI is InChI=1S/C22H24Cl3N3O3/c1-3-21(29)28-10-8-27(9-11-28)19-6-5-16(13-17(19)24)26-22(30)14(2)31-20-7-4-15(23)12-18(20)25/h4-7,12-14H,3,8-11H2,1-2H3,(H,26,30)/t14-/m0/s1. The van der Waals surface area contributed by atoms with E-state index in [4.69, 9.17) is 39.5 Å². The van der Waals surface area contributed by atoms with Gasteiger partial charge in [-0.25, -0.2) is 0 Å². The monoisotopic (exact) mass is 483 g/mol. The second-order valence-electron chi connectivity index (χ2n) is 7.21. The van der Waals surface area contributed by atoms with Gasteiger partial charge in [-0.3, -0.25) is 9.59 Å². The van der Waals surface area contributed by atoms with Crippen LogP contribution in [0.5, 0.6) is 5.75 Å². The van der Waals surface area contributed by atoms with Crippen LogP contribution < -0.4 is 15.0 Å². The molecule has 0 radical (unpaired) electrons. The number of halogens is 3. The number of benzene rings is 2. The van der Waals surface area contributed by atoms with Crippen LogP contribution in [-0.4, -0.2) is 49.0 Å². The first-order valence-corrected chi connectivity index (χ1v) is 11.2. The third kappa shape index (κ3) is 5.97. The molecule has 1 aliphatic rings. The minimum atomic E-state index is -0.777. The van der Waals surface area contributed by atoms with Crippen molar-refractivity contribution in [3.63, 3.8) is 0 Å². The van der Waals surface area contributed by atoms with Gasteiger partial charge in [0.1, 0.15) is 5.75 Å². The average Bonchev–Trinajstić information content (AvgIpc) is 2.75. The topological polar surface area (TPSA) is 61.9 Å². The summed E-state index contributed by atoms with van der Waals surface area (Å²) in [6.45, 7) is 6.27. The van der Waals surface area contributed by atoms with E-state index in [2.05, 4.69) is 10.2 Å². The van der Waals surface area contributed by atoms with E-state index in [0.29, 0.717) is 59.1 Å². The van der Waals surface area contributed by atoms with Gasteiger partial charge in [0.05, 0.1) is 15.7 Å². The minimum Gasteiger partial charge on any atom is -0.479 e. The fraction of sp³-hybridized carbons (Fsp3) is 0.364. The molecule has 2 aromatic carbocycles. The van der Waals surface area contributed by atoms with Crippen LogP contribution in [0.1, 0.15) is 20.3 Å². The fourth-order valence-corrected chi connectivity index (χ4v) is 4.07. The molecule has 1 fully saturated rings. The third-order valence-electron chi connectivity index (χ3n) is 5.06. The van der Waals surface area contributed by atoms with Crippen molar-refractivity contribution in [1.82, 2.24) is 4.90 Å². The quantitative estimate of drug-likeness (QED) is 0.619. The Balaban J connectivity index is 1.59. The van der Waals surface area contributed by atoms with Crippen molar-refractivity contribution in [2.24, 2.45) is 0 Å². The number of nitrogens with zero attached hydrogens (tertiary/aromatic N) is 2. The van der Waals surface area contributed by atoms with Gasteiger partial charge in [-0.15, -0.1) is 0 Å². The Morgan fingerprint density at radius 2 is 1.74 bits per heavy atom. The van der Waals surface area contributed by atoms with Crippen molar-refractivity contribution in [2.75, 3.05) is 36.4 Å². The first-order chi connectivity index (χ1) is 14.8. The van der Waals surface area contributed by atoms with E-state index in [1.807, 2.05) is 17.9 Å². The van der Waals surface area contributed by atoms with Gasteiger partial charge in [0.15, 0.2) is 6.10 Å². The van der Waals surface area contributed by atoms with Gasteiger partial charge in [0.25, 0.3) is 5.91 Å². The molecule has 1 atom stereocenters. The van der Waals surface area contributed by atoms with E-state index in [-0.39, 0.29) is 11.8 Å². The Bertz CT molecular complexity index is 962. The molecule has 3 rings (SSSR count). The maximum atomic E-state index is 12.5. The molecule has 1 heterocycles. The van der Waals surface area contributed by atoms with Crippen LogP contribution in [-0.2, 0) is 9.59 Å². The van der Waals surface area contributed by atoms with E-state index in [9.17, 15) is 9.59 Å². The molecule has 0 unspecified atom stereocenters. The van der Waals surface area contributed by atoms with Gasteiger partial charge in [-0.1, -0.05) is 41.7 Å². The zero-order valence-electron chi connectivity index (χ0n) is 17.3. The number of hydrogen-bond donors (Lipinski definition) is 1. The maximum Gasteiger partial charge on any atom is 0.265 e. The highest BCUT2D eigenvalue weighted by Crippen LogP contribution is 2.31. The Labute approximate surface area is 197 Å². The lowest BCUT2D eigenvalue weighted by atomic mass is 10.2. The Morgan fingerprint density at radius 3 is 2.35 bits per heavy atom. The number of ether oxygens (including phenoxy) is 1. The van der Waals surface area contributed by atoms with Gasteiger partial charge >= 0.3 is 0 Å². The third-order valence-corrected chi connectivity index (χ3v) is 5.89. The fourth-order valence-electron chi connectivity index (χ4n) is 3.32. The number of anilines is 2. The minimum absolute atomic E-state index is 0.167. The van der Waals surface area contributed by atoms with Gasteiger partial charge in [0, 0.05) is 43.3 Å². The van der Waals surface area contributed by atoms with Crippen LogP contribution >= 0.6 is 34.8 Å². The first-order valence-electron chi connectivity index (χ1n) is 10.0. The Kier molecular flexibility index (Phi) is 7.92. The second kappa shape index (κ2) is 10.4. The van der Waals surface area contributed by atoms with Gasteiger partial charge < -0.3 is 19.9 Å². The van der Waals surface area contributed by atoms with Crippen molar-refractivity contribution in [2.45, 2.75) is 26.4 Å². The van der Waals surface area contributed by atoms with Crippen LogP contribution in [0.3, 0.4) is 0 Å². The number of rotatable bonds is 6. The normalized spacial score (nSPS) is 14.9. The van der Waals surface area contributed by atoms with Crippen molar-refractivity contribution >= 4 is 58.0 Å². The highest BCUT2D eigenvalue weighted by Gasteiger charge is 2.22. The molecule has 1 saturated heterocycles. The molecule has 1 N–H and O–H groups in total. The SMILES string of the molecule is CCC(=O)N1CCN(c2ccc(NC(=O)[C@H](C)Oc3ccc(Cl)cc3Cl)cc2Cl)CC1. The molecule has 0 saturated carbocycles. The largest absolute Gasteiger partial charge is 0.479 e. The number of carbonyl (C=O) groups excluding carboxylic acids is 2. The lowest BCUT2D eigenvalue weighted by Crippen LogP contribution is -2.48. The average molecular weight is 485 g/mol. The van der Waals surface area contributed by atoms with Crippen molar-refractivity contribution in [3.8, 4) is 5.75 Å². The summed E-state index contributed by atoms with van der Waals surface area (Å²) in [5.74, 6) is 0.212. The predicted molar refractivity (Wildman–Crippen MR) is 126 cm³/mol. The number of hydrogen-bond acceptors (Lipinski definition) is 4. The Hall–Kier alpha value is -2.15. The lowest BCUT2D eigenvalue weighted by molar-refractivity contribution is -0.131. The molecular formula is C22H24Cl3N3O3. The summed E-state index contributed by atoms with van der Waals surface area (Å²) >= 11 is 18.5. The lowest BCUT2D eigenvalue weighted by Gasteiger charge is -2.36. The van der Waals surface area contributed by atoms with E-state index < -0.39 is 6.10 Å². The molecule has 9 heteroatoms. The zero-order chi connectivity index (χ0) is 22.5. The van der Waals surface area contributed by atoms with Crippen LogP contribution in [0, 0.1) is 0 Å². The highest BCUT2D eigenvalue weighted by molar-refractivity contribution is 6.35. The molecule has 2 amide bonds. The number of piperazine rings is 1. The molecule has 166 valence electrons. The molecule has 1 aliphatic heterocycles. The summed E-state index contributed by atoms with van der Waals surface area (Å²) in [6.07, 6.45) is -0.261. The molecule has 2 aromatic rings. The van der Waals surface area contributed by atoms with Crippen LogP contribution in [0.15, 0.2) is 36.4 Å². The molecule has 0 aromatic heterocycles. The first kappa shape index (κ1) is 23.5. The molecule has 0 bridgehead atoms. The van der Waals surface area contributed by atoms with Crippen molar-refractivity contribution in [1.29, 1.82) is 0 Å². The molecule has 0 spiro atoms. The van der Waals surface area contributed by atoms with Gasteiger partial charge in [0.2, 0.25) is 5.91 Å². The zero-order valence-corrected chi connectivity index (χ0v) is 19.6. The summed E-state index contributed by atoms with van der Waals surface area (Å²) < 4.78 is 5.65. The summed E-state index contributed by atoms with van der Waals surface area (Å²) in [5, 5.41) is 4.16. The molecule has 0 aliphatic carbocycles. The summed E-state index contributed by atoms with van der Waals surface area (Å²) in [7, 11) is 0. The highest BCUT2D eigenvalue weighted by atomic mass is 35.5. The smallest absolute Gasteiger partial charge is 0.265 e. The maximum absolute atomic E-state index is 12.5. The molecule has 31 heavy (non-hydrogen) atoms. The summed E-state index contributed by atoms with van der Waals surface area (Å²) in [5.41, 5.74) is 1.44. The molecule has 6 nitrogen and oxygen atoms in total. The van der Waals surface area contributed by atoms with Crippen molar-refractivity contribution < 1.29 is 14.3 Å². The summed E-state index contributed by atoms with van der Waals surface area (Å²) in [4.78, 5) is 28.4. The van der Waals surface area contributed by atoms with Crippen molar-refractivity contribution in [3.05, 3.63) is 51.5 Å². The van der Waals surface area contributed by atoms with E-state index in [1.165, 1.54) is 0 Å². The van der Waals surface area contributed by atoms with Crippen LogP contribution in [0.4, 0.5) is 11.4 Å². The van der Waals surface area contributed by atoms with Gasteiger partial charge in [-0.2, -0.15) is 0 Å². The van der Waals surface area contributed by atoms with Crippen LogP contribution in [0.25, 0.3) is 0 Å². The van der Waals surface area contributed by atoms with E-state index in [1.54, 1.807) is 37.3 Å². The van der Waals surface area contributed by atoms with Crippen LogP contribution in [0.2, 0.25) is 15.1 Å². The second-order valence-corrected chi connectivity index (χ2v) is 8.46. The predicted octanol–water partition coefficient (Wildman–Crippen LogP) is 5.11. The molecular weight excluding hydrogens is 461 g/mol. The summed E-state index contributed by atoms with van der Waals surface area (Å²) in [6, 6.07) is 10.2.